The highest BCUT2D eigenvalue weighted by molar-refractivity contribution is 9.10. The average Bonchev–Trinajstić information content (AvgIpc) is 2.93. The molecule has 0 unspecified atom stereocenters. The fourth-order valence-corrected chi connectivity index (χ4v) is 2.86. The summed E-state index contributed by atoms with van der Waals surface area (Å²) >= 11 is 4.56. The summed E-state index contributed by atoms with van der Waals surface area (Å²) in [5.41, 5.74) is 0.817. The van der Waals surface area contributed by atoms with Gasteiger partial charge in [-0.1, -0.05) is 6.07 Å². The van der Waals surface area contributed by atoms with Crippen LogP contribution in [-0.4, -0.2) is 23.3 Å². The number of ether oxygens (including phenoxy) is 1. The molecule has 0 amide bonds. The predicted molar refractivity (Wildman–Crippen MR) is 82.2 cm³/mol. The first-order valence-corrected chi connectivity index (χ1v) is 7.25. The van der Waals surface area contributed by atoms with Crippen molar-refractivity contribution in [2.75, 3.05) is 7.11 Å². The van der Waals surface area contributed by atoms with Crippen LogP contribution < -0.4 is 4.74 Å². The number of hydrogen-bond acceptors (Lipinski definition) is 4. The van der Waals surface area contributed by atoms with Gasteiger partial charge in [0.1, 0.15) is 0 Å². The van der Waals surface area contributed by atoms with Gasteiger partial charge in [0.05, 0.1) is 17.2 Å². The van der Waals surface area contributed by atoms with E-state index in [0.717, 1.165) is 0 Å². The van der Waals surface area contributed by atoms with Crippen LogP contribution in [0.3, 0.4) is 0 Å². The summed E-state index contributed by atoms with van der Waals surface area (Å²) < 4.78 is 5.49. The lowest BCUT2D eigenvalue weighted by Gasteiger charge is -2.07. The van der Waals surface area contributed by atoms with Gasteiger partial charge < -0.3 is 14.9 Å². The van der Waals surface area contributed by atoms with E-state index in [1.54, 1.807) is 30.3 Å². The Morgan fingerprint density at radius 3 is 2.75 bits per heavy atom. The van der Waals surface area contributed by atoms with E-state index in [1.807, 2.05) is 5.38 Å². The average molecular weight is 355 g/mol. The quantitative estimate of drug-likeness (QED) is 0.818. The van der Waals surface area contributed by atoms with Crippen molar-refractivity contribution < 1.29 is 19.7 Å². The predicted octanol–water partition coefficient (Wildman–Crippen LogP) is 3.85. The summed E-state index contributed by atoms with van der Waals surface area (Å²) in [6.07, 6.45) is 1.54. The number of methoxy groups -OCH3 is 1. The summed E-state index contributed by atoms with van der Waals surface area (Å²) in [4.78, 5) is 12.0. The van der Waals surface area contributed by atoms with E-state index < -0.39 is 5.97 Å². The third-order valence-electron chi connectivity index (χ3n) is 2.60. The Labute approximate surface area is 128 Å². The molecule has 0 spiro atoms. The highest BCUT2D eigenvalue weighted by atomic mass is 79.9. The number of carboxylic acid groups (broad SMARTS) is 1. The molecular weight excluding hydrogens is 344 g/mol. The first-order chi connectivity index (χ1) is 9.52. The standard InChI is InChI=1S/C14H11BrO4S/c1-19-11-7-8(6-10(15)13(11)16)5-9(14(17)18)12-3-2-4-20-12/h2-7,16H,1H3,(H,17,18)/b9-5-. The Balaban J connectivity index is 2.52. The van der Waals surface area contributed by atoms with Crippen molar-refractivity contribution in [3.63, 3.8) is 0 Å². The minimum absolute atomic E-state index is 0.0161. The molecule has 104 valence electrons. The van der Waals surface area contributed by atoms with Crippen molar-refractivity contribution >= 4 is 44.9 Å². The number of hydrogen-bond donors (Lipinski definition) is 2. The molecule has 0 aliphatic carbocycles. The van der Waals surface area contributed by atoms with E-state index in [9.17, 15) is 15.0 Å². The monoisotopic (exact) mass is 354 g/mol. The number of aliphatic carboxylic acids is 1. The molecule has 2 rings (SSSR count). The van der Waals surface area contributed by atoms with Gasteiger partial charge in [0.2, 0.25) is 0 Å². The Hall–Kier alpha value is -1.79. The second-order valence-corrected chi connectivity index (χ2v) is 5.70. The van der Waals surface area contributed by atoms with Crippen LogP contribution >= 0.6 is 27.3 Å². The van der Waals surface area contributed by atoms with Gasteiger partial charge in [-0.05, 0) is 51.1 Å². The molecule has 20 heavy (non-hydrogen) atoms. The van der Waals surface area contributed by atoms with Gasteiger partial charge >= 0.3 is 5.97 Å². The van der Waals surface area contributed by atoms with Crippen LogP contribution in [0.25, 0.3) is 11.6 Å². The summed E-state index contributed by atoms with van der Waals surface area (Å²) in [7, 11) is 1.44. The van der Waals surface area contributed by atoms with Crippen molar-refractivity contribution in [3.8, 4) is 11.5 Å². The van der Waals surface area contributed by atoms with E-state index >= 15 is 0 Å². The molecule has 1 aromatic carbocycles. The fourth-order valence-electron chi connectivity index (χ4n) is 1.67. The number of phenols is 1. The molecule has 2 N–H and O–H groups in total. The largest absolute Gasteiger partial charge is 0.503 e. The zero-order valence-corrected chi connectivity index (χ0v) is 12.9. The lowest BCUT2D eigenvalue weighted by atomic mass is 10.1. The zero-order valence-electron chi connectivity index (χ0n) is 10.5. The lowest BCUT2D eigenvalue weighted by Crippen LogP contribution is -1.97. The van der Waals surface area contributed by atoms with Crippen molar-refractivity contribution in [2.24, 2.45) is 0 Å². The summed E-state index contributed by atoms with van der Waals surface area (Å²) in [6, 6.07) is 6.76. The third-order valence-corrected chi connectivity index (χ3v) is 4.11. The molecule has 0 fully saturated rings. The minimum Gasteiger partial charge on any atom is -0.503 e. The number of benzene rings is 1. The van der Waals surface area contributed by atoms with E-state index in [1.165, 1.54) is 18.4 Å². The molecule has 0 atom stereocenters. The fraction of sp³-hybridized carbons (Fsp3) is 0.0714. The van der Waals surface area contributed by atoms with Crippen molar-refractivity contribution in [1.29, 1.82) is 0 Å². The third kappa shape index (κ3) is 3.02. The second-order valence-electron chi connectivity index (χ2n) is 3.89. The number of carboxylic acids is 1. The summed E-state index contributed by atoms with van der Waals surface area (Å²) in [5, 5.41) is 20.9. The van der Waals surface area contributed by atoms with E-state index in [4.69, 9.17) is 4.74 Å². The molecule has 2 aromatic rings. The number of phenolic OH excluding ortho intramolecular Hbond substituents is 1. The van der Waals surface area contributed by atoms with E-state index in [0.29, 0.717) is 14.9 Å². The maximum absolute atomic E-state index is 11.4. The molecule has 0 aliphatic heterocycles. The molecule has 4 nitrogen and oxygen atoms in total. The van der Waals surface area contributed by atoms with Crippen LogP contribution in [0.1, 0.15) is 10.4 Å². The maximum atomic E-state index is 11.4. The molecule has 0 bridgehead atoms. The smallest absolute Gasteiger partial charge is 0.337 e. The van der Waals surface area contributed by atoms with Crippen LogP contribution in [-0.2, 0) is 4.79 Å². The van der Waals surface area contributed by atoms with Crippen LogP contribution in [0.4, 0.5) is 0 Å². The molecule has 1 heterocycles. The van der Waals surface area contributed by atoms with Gasteiger partial charge in [0, 0.05) is 4.88 Å². The Morgan fingerprint density at radius 2 is 2.20 bits per heavy atom. The number of carbonyl (C=O) groups is 1. The van der Waals surface area contributed by atoms with Crippen molar-refractivity contribution in [3.05, 3.63) is 44.6 Å². The highest BCUT2D eigenvalue weighted by Crippen LogP contribution is 2.36. The molecule has 0 saturated carbocycles. The molecule has 0 radical (unpaired) electrons. The van der Waals surface area contributed by atoms with E-state index in [2.05, 4.69) is 15.9 Å². The maximum Gasteiger partial charge on any atom is 0.337 e. The van der Waals surface area contributed by atoms with Gasteiger partial charge in [0.25, 0.3) is 0 Å². The van der Waals surface area contributed by atoms with Gasteiger partial charge in [-0.2, -0.15) is 0 Å². The van der Waals surface area contributed by atoms with Gasteiger partial charge in [-0.25, -0.2) is 4.79 Å². The van der Waals surface area contributed by atoms with E-state index in [-0.39, 0.29) is 17.1 Å². The van der Waals surface area contributed by atoms with Crippen LogP contribution in [0, 0.1) is 0 Å². The minimum atomic E-state index is -1.00. The number of thiophene rings is 1. The zero-order chi connectivity index (χ0) is 14.7. The topological polar surface area (TPSA) is 66.8 Å². The summed E-state index contributed by atoms with van der Waals surface area (Å²) in [6.45, 7) is 0. The first-order valence-electron chi connectivity index (χ1n) is 5.58. The molecular formula is C14H11BrO4S. The number of rotatable bonds is 4. The molecule has 1 aromatic heterocycles. The van der Waals surface area contributed by atoms with Crippen LogP contribution in [0.5, 0.6) is 11.5 Å². The summed E-state index contributed by atoms with van der Waals surface area (Å²) in [5.74, 6) is -0.741. The number of aromatic hydroxyl groups is 1. The van der Waals surface area contributed by atoms with Crippen molar-refractivity contribution in [2.45, 2.75) is 0 Å². The normalized spacial score (nSPS) is 11.4. The SMILES string of the molecule is COc1cc(/C=C(\C(=O)O)c2cccs2)cc(Br)c1O. The van der Waals surface area contributed by atoms with Gasteiger partial charge in [-0.15, -0.1) is 11.3 Å². The first kappa shape index (κ1) is 14.6. The van der Waals surface area contributed by atoms with Crippen LogP contribution in [0.2, 0.25) is 0 Å². The lowest BCUT2D eigenvalue weighted by molar-refractivity contribution is -0.130. The highest BCUT2D eigenvalue weighted by Gasteiger charge is 2.13. The Kier molecular flexibility index (Phi) is 4.46. The van der Waals surface area contributed by atoms with Crippen LogP contribution in [0.15, 0.2) is 34.1 Å². The Bertz CT molecular complexity index is 662. The molecule has 6 heteroatoms. The number of halogens is 1. The second kappa shape index (κ2) is 6.11. The van der Waals surface area contributed by atoms with Crippen molar-refractivity contribution in [1.82, 2.24) is 0 Å². The molecule has 0 aliphatic rings. The Morgan fingerprint density at radius 1 is 1.45 bits per heavy atom. The van der Waals surface area contributed by atoms with Gasteiger partial charge in [0.15, 0.2) is 11.5 Å². The molecule has 0 saturated heterocycles. The van der Waals surface area contributed by atoms with Gasteiger partial charge in [-0.3, -0.25) is 0 Å².